The Hall–Kier alpha value is -1.08. The molecule has 1 nitrogen and oxygen atoms in total. The summed E-state index contributed by atoms with van der Waals surface area (Å²) in [6.45, 7) is 2.13. The van der Waals surface area contributed by atoms with E-state index in [2.05, 4.69) is 31.2 Å². The summed E-state index contributed by atoms with van der Waals surface area (Å²) >= 11 is 0. The molecule has 1 atom stereocenters. The monoisotopic (exact) mass is 188 g/mol. The second-order valence-corrected chi connectivity index (χ2v) is 4.11. The van der Waals surface area contributed by atoms with Crippen LogP contribution in [0.1, 0.15) is 25.3 Å². The first kappa shape index (κ1) is 9.47. The van der Waals surface area contributed by atoms with E-state index in [1.807, 2.05) is 6.07 Å². The van der Waals surface area contributed by atoms with E-state index in [9.17, 15) is 5.11 Å². The zero-order valence-corrected chi connectivity index (χ0v) is 8.53. The van der Waals surface area contributed by atoms with Crippen molar-refractivity contribution < 1.29 is 5.11 Å². The molecule has 0 bridgehead atoms. The molecule has 0 fully saturated rings. The van der Waals surface area contributed by atoms with E-state index in [0.717, 1.165) is 19.3 Å². The summed E-state index contributed by atoms with van der Waals surface area (Å²) in [5, 5.41) is 9.51. The third-order valence-electron chi connectivity index (χ3n) is 2.89. The van der Waals surface area contributed by atoms with Gasteiger partial charge in [0, 0.05) is 0 Å². The Morgan fingerprint density at radius 2 is 1.93 bits per heavy atom. The number of benzene rings is 1. The summed E-state index contributed by atoms with van der Waals surface area (Å²) in [6.07, 6.45) is 2.60. The molecule has 0 aromatic heterocycles. The molecule has 1 aromatic carbocycles. The van der Waals surface area contributed by atoms with Gasteiger partial charge in [-0.2, -0.15) is 0 Å². The van der Waals surface area contributed by atoms with Crippen molar-refractivity contribution in [2.75, 3.05) is 0 Å². The maximum absolute atomic E-state index is 9.51. The van der Waals surface area contributed by atoms with Crippen molar-refractivity contribution in [3.63, 3.8) is 0 Å². The maximum Gasteiger partial charge on any atom is 0.0614 e. The normalized spacial score (nSPS) is 21.7. The average Bonchev–Trinajstić information content (AvgIpc) is 2.47. The SMILES string of the molecule is CC1=C(Cc2ccccc2)CC(O)C1. The van der Waals surface area contributed by atoms with E-state index in [1.54, 1.807) is 0 Å². The molecule has 0 saturated carbocycles. The van der Waals surface area contributed by atoms with Crippen LogP contribution in [-0.4, -0.2) is 11.2 Å². The van der Waals surface area contributed by atoms with Gasteiger partial charge in [0.15, 0.2) is 0 Å². The van der Waals surface area contributed by atoms with Gasteiger partial charge in [0.1, 0.15) is 0 Å². The minimum Gasteiger partial charge on any atom is -0.392 e. The van der Waals surface area contributed by atoms with Gasteiger partial charge in [0.05, 0.1) is 6.10 Å². The van der Waals surface area contributed by atoms with Gasteiger partial charge in [-0.05, 0) is 31.7 Å². The van der Waals surface area contributed by atoms with E-state index in [0.29, 0.717) is 0 Å². The molecule has 1 heteroatoms. The second kappa shape index (κ2) is 3.97. The minimum atomic E-state index is -0.131. The molecular formula is C13H16O. The zero-order valence-electron chi connectivity index (χ0n) is 8.53. The number of hydrogen-bond donors (Lipinski definition) is 1. The third-order valence-corrected chi connectivity index (χ3v) is 2.89. The van der Waals surface area contributed by atoms with Gasteiger partial charge in [0.25, 0.3) is 0 Å². The topological polar surface area (TPSA) is 20.2 Å². The molecule has 0 spiro atoms. The Bertz CT molecular complexity index is 338. The van der Waals surface area contributed by atoms with Gasteiger partial charge < -0.3 is 5.11 Å². The average molecular weight is 188 g/mol. The van der Waals surface area contributed by atoms with Crippen LogP contribution in [0.25, 0.3) is 0 Å². The molecule has 0 saturated heterocycles. The van der Waals surface area contributed by atoms with Crippen LogP contribution in [0.3, 0.4) is 0 Å². The fraction of sp³-hybridized carbons (Fsp3) is 0.385. The predicted molar refractivity (Wildman–Crippen MR) is 58.1 cm³/mol. The van der Waals surface area contributed by atoms with Crippen molar-refractivity contribution >= 4 is 0 Å². The summed E-state index contributed by atoms with van der Waals surface area (Å²) < 4.78 is 0. The lowest BCUT2D eigenvalue weighted by atomic mass is 10.0. The molecule has 0 heterocycles. The Morgan fingerprint density at radius 1 is 1.21 bits per heavy atom. The van der Waals surface area contributed by atoms with E-state index >= 15 is 0 Å². The van der Waals surface area contributed by atoms with Crippen molar-refractivity contribution in [2.24, 2.45) is 0 Å². The van der Waals surface area contributed by atoms with E-state index in [4.69, 9.17) is 0 Å². The van der Waals surface area contributed by atoms with Gasteiger partial charge in [-0.15, -0.1) is 0 Å². The van der Waals surface area contributed by atoms with Gasteiger partial charge in [-0.1, -0.05) is 41.5 Å². The zero-order chi connectivity index (χ0) is 9.97. The lowest BCUT2D eigenvalue weighted by Gasteiger charge is -2.04. The highest BCUT2D eigenvalue weighted by atomic mass is 16.3. The quantitative estimate of drug-likeness (QED) is 0.707. The van der Waals surface area contributed by atoms with Gasteiger partial charge in [-0.25, -0.2) is 0 Å². The smallest absolute Gasteiger partial charge is 0.0614 e. The lowest BCUT2D eigenvalue weighted by Crippen LogP contribution is -1.99. The standard InChI is InChI=1S/C13H16O/c1-10-7-13(14)9-12(10)8-11-5-3-2-4-6-11/h2-6,13-14H,7-9H2,1H3. The molecule has 1 aliphatic carbocycles. The van der Waals surface area contributed by atoms with Crippen molar-refractivity contribution in [3.8, 4) is 0 Å². The molecule has 1 unspecified atom stereocenters. The lowest BCUT2D eigenvalue weighted by molar-refractivity contribution is 0.186. The number of hydrogen-bond acceptors (Lipinski definition) is 1. The minimum absolute atomic E-state index is 0.131. The molecule has 1 N–H and O–H groups in total. The van der Waals surface area contributed by atoms with Gasteiger partial charge >= 0.3 is 0 Å². The van der Waals surface area contributed by atoms with E-state index in [1.165, 1.54) is 16.7 Å². The Morgan fingerprint density at radius 3 is 2.50 bits per heavy atom. The first-order valence-electron chi connectivity index (χ1n) is 5.15. The number of rotatable bonds is 2. The van der Waals surface area contributed by atoms with Crippen LogP contribution in [0.4, 0.5) is 0 Å². The number of aliphatic hydroxyl groups is 1. The summed E-state index contributed by atoms with van der Waals surface area (Å²) in [6, 6.07) is 10.5. The molecule has 1 aliphatic rings. The van der Waals surface area contributed by atoms with Crippen LogP contribution >= 0.6 is 0 Å². The predicted octanol–water partition coefficient (Wildman–Crippen LogP) is 2.70. The van der Waals surface area contributed by atoms with Crippen LogP contribution in [-0.2, 0) is 6.42 Å². The fourth-order valence-electron chi connectivity index (χ4n) is 2.09. The molecule has 74 valence electrons. The van der Waals surface area contributed by atoms with Crippen molar-refractivity contribution in [2.45, 2.75) is 32.3 Å². The van der Waals surface area contributed by atoms with Crippen LogP contribution in [0.2, 0.25) is 0 Å². The van der Waals surface area contributed by atoms with Crippen LogP contribution in [0.5, 0.6) is 0 Å². The van der Waals surface area contributed by atoms with Crippen molar-refractivity contribution in [1.82, 2.24) is 0 Å². The molecular weight excluding hydrogens is 172 g/mol. The highest BCUT2D eigenvalue weighted by Gasteiger charge is 2.18. The van der Waals surface area contributed by atoms with Crippen LogP contribution in [0, 0.1) is 0 Å². The Labute approximate surface area is 85.1 Å². The summed E-state index contributed by atoms with van der Waals surface area (Å²) in [7, 11) is 0. The first-order chi connectivity index (χ1) is 6.75. The summed E-state index contributed by atoms with van der Waals surface area (Å²) in [4.78, 5) is 0. The van der Waals surface area contributed by atoms with Gasteiger partial charge in [0.2, 0.25) is 0 Å². The molecule has 14 heavy (non-hydrogen) atoms. The molecule has 1 aromatic rings. The fourth-order valence-corrected chi connectivity index (χ4v) is 2.09. The highest BCUT2D eigenvalue weighted by molar-refractivity contribution is 5.28. The molecule has 0 radical (unpaired) electrons. The van der Waals surface area contributed by atoms with Gasteiger partial charge in [-0.3, -0.25) is 0 Å². The summed E-state index contributed by atoms with van der Waals surface area (Å²) in [5.74, 6) is 0. The van der Waals surface area contributed by atoms with E-state index in [-0.39, 0.29) is 6.10 Å². The van der Waals surface area contributed by atoms with Crippen molar-refractivity contribution in [3.05, 3.63) is 47.0 Å². The number of aliphatic hydroxyl groups excluding tert-OH is 1. The largest absolute Gasteiger partial charge is 0.392 e. The Balaban J connectivity index is 2.09. The molecule has 2 rings (SSSR count). The van der Waals surface area contributed by atoms with Crippen molar-refractivity contribution in [1.29, 1.82) is 0 Å². The first-order valence-corrected chi connectivity index (χ1v) is 5.15. The third kappa shape index (κ3) is 2.05. The Kier molecular flexibility index (Phi) is 2.69. The van der Waals surface area contributed by atoms with Crippen LogP contribution < -0.4 is 0 Å². The van der Waals surface area contributed by atoms with Crippen LogP contribution in [0.15, 0.2) is 41.5 Å². The highest BCUT2D eigenvalue weighted by Crippen LogP contribution is 2.28. The summed E-state index contributed by atoms with van der Waals surface area (Å²) in [5.41, 5.74) is 4.14. The second-order valence-electron chi connectivity index (χ2n) is 4.11. The maximum atomic E-state index is 9.51. The van der Waals surface area contributed by atoms with E-state index < -0.39 is 0 Å². The molecule has 0 amide bonds. The molecule has 0 aliphatic heterocycles.